The number of nitrogens with zero attached hydrogens (tertiary/aromatic N) is 2. The standard InChI is InChI=1S/C29H29BrN2O4/c1-5-34-27-18-22(16-25-21(4)31-32(29(25)33)23-9-7-6-8-10-23)17-26(30)28(27)36-12-11-35-24-14-19(2)13-20(3)15-24/h6-10,13-18H,5,11-12H2,1-4H3/b25-16+. The number of carbonyl (C=O) groups excluding carboxylic acids is 1. The summed E-state index contributed by atoms with van der Waals surface area (Å²) in [6.07, 6.45) is 1.82. The minimum absolute atomic E-state index is 0.170. The molecule has 7 heteroatoms. The zero-order chi connectivity index (χ0) is 25.7. The number of carbonyl (C=O) groups is 1. The molecule has 0 fully saturated rings. The van der Waals surface area contributed by atoms with Gasteiger partial charge < -0.3 is 14.2 Å². The van der Waals surface area contributed by atoms with Crippen LogP contribution in [0.5, 0.6) is 17.2 Å². The third-order valence-corrected chi connectivity index (χ3v) is 6.09. The number of amides is 1. The van der Waals surface area contributed by atoms with E-state index in [-0.39, 0.29) is 5.91 Å². The van der Waals surface area contributed by atoms with Crippen LogP contribution >= 0.6 is 15.9 Å². The van der Waals surface area contributed by atoms with Crippen LogP contribution in [-0.2, 0) is 4.79 Å². The van der Waals surface area contributed by atoms with Gasteiger partial charge in [-0.05, 0) is 103 Å². The monoisotopic (exact) mass is 548 g/mol. The van der Waals surface area contributed by atoms with E-state index in [2.05, 4.69) is 27.1 Å². The minimum Gasteiger partial charge on any atom is -0.490 e. The third kappa shape index (κ3) is 5.97. The normalized spacial score (nSPS) is 14.2. The Morgan fingerprint density at radius 2 is 1.61 bits per heavy atom. The molecule has 186 valence electrons. The van der Waals surface area contributed by atoms with E-state index in [0.717, 1.165) is 32.6 Å². The van der Waals surface area contributed by atoms with Crippen LogP contribution in [0.4, 0.5) is 5.69 Å². The van der Waals surface area contributed by atoms with Gasteiger partial charge in [-0.3, -0.25) is 4.79 Å². The Morgan fingerprint density at radius 3 is 2.31 bits per heavy atom. The molecule has 0 saturated carbocycles. The predicted molar refractivity (Wildman–Crippen MR) is 147 cm³/mol. The molecule has 3 aromatic carbocycles. The molecule has 3 aromatic rings. The quantitative estimate of drug-likeness (QED) is 0.220. The highest BCUT2D eigenvalue weighted by atomic mass is 79.9. The van der Waals surface area contributed by atoms with Crippen LogP contribution in [-0.4, -0.2) is 31.4 Å². The van der Waals surface area contributed by atoms with Crippen molar-refractivity contribution in [1.29, 1.82) is 0 Å². The van der Waals surface area contributed by atoms with Crippen LogP contribution in [0.15, 0.2) is 75.8 Å². The van der Waals surface area contributed by atoms with Gasteiger partial charge in [-0.2, -0.15) is 10.1 Å². The minimum atomic E-state index is -0.170. The van der Waals surface area contributed by atoms with Crippen LogP contribution in [0.1, 0.15) is 30.5 Å². The smallest absolute Gasteiger partial charge is 0.280 e. The highest BCUT2D eigenvalue weighted by molar-refractivity contribution is 9.10. The molecule has 0 aromatic heterocycles. The Kier molecular flexibility index (Phi) is 8.10. The lowest BCUT2D eigenvalue weighted by Gasteiger charge is -2.15. The molecule has 0 atom stereocenters. The van der Waals surface area contributed by atoms with Gasteiger partial charge >= 0.3 is 0 Å². The zero-order valence-corrected chi connectivity index (χ0v) is 22.5. The van der Waals surface area contributed by atoms with E-state index in [1.54, 1.807) is 0 Å². The number of rotatable bonds is 9. The van der Waals surface area contributed by atoms with E-state index in [0.29, 0.717) is 42.6 Å². The number of aryl methyl sites for hydroxylation is 2. The summed E-state index contributed by atoms with van der Waals surface area (Å²) in [5.41, 5.74) is 5.03. The molecular formula is C29H29BrN2O4. The van der Waals surface area contributed by atoms with Crippen LogP contribution in [0, 0.1) is 13.8 Å². The van der Waals surface area contributed by atoms with E-state index in [4.69, 9.17) is 14.2 Å². The van der Waals surface area contributed by atoms with Crippen molar-refractivity contribution in [3.05, 3.63) is 87.4 Å². The number of hydrogen-bond donors (Lipinski definition) is 0. The average Bonchev–Trinajstić information content (AvgIpc) is 3.11. The summed E-state index contributed by atoms with van der Waals surface area (Å²) < 4.78 is 18.5. The topological polar surface area (TPSA) is 60.4 Å². The van der Waals surface area contributed by atoms with Crippen LogP contribution in [0.25, 0.3) is 6.08 Å². The first-order valence-electron chi connectivity index (χ1n) is 11.8. The fraction of sp³-hybridized carbons (Fsp3) is 0.241. The van der Waals surface area contributed by atoms with Gasteiger partial charge in [0.1, 0.15) is 19.0 Å². The maximum Gasteiger partial charge on any atom is 0.280 e. The SMILES string of the molecule is CCOc1cc(/C=C2/C(=O)N(c3ccccc3)N=C2C)cc(Br)c1OCCOc1cc(C)cc(C)c1. The summed E-state index contributed by atoms with van der Waals surface area (Å²) in [5.74, 6) is 1.84. The summed E-state index contributed by atoms with van der Waals surface area (Å²) in [6, 6.07) is 19.3. The second kappa shape index (κ2) is 11.4. The summed E-state index contributed by atoms with van der Waals surface area (Å²) >= 11 is 3.61. The van der Waals surface area contributed by atoms with Crippen molar-refractivity contribution in [3.8, 4) is 17.2 Å². The second-order valence-corrected chi connectivity index (χ2v) is 9.33. The largest absolute Gasteiger partial charge is 0.490 e. The van der Waals surface area contributed by atoms with E-state index >= 15 is 0 Å². The lowest BCUT2D eigenvalue weighted by molar-refractivity contribution is -0.114. The molecule has 4 rings (SSSR count). The highest BCUT2D eigenvalue weighted by Crippen LogP contribution is 2.38. The number of benzene rings is 3. The Labute approximate surface area is 220 Å². The van der Waals surface area contributed by atoms with Crippen molar-refractivity contribution in [2.75, 3.05) is 24.8 Å². The number of halogens is 1. The molecule has 36 heavy (non-hydrogen) atoms. The first-order chi connectivity index (χ1) is 17.4. The molecule has 1 heterocycles. The van der Waals surface area contributed by atoms with Gasteiger partial charge in [-0.15, -0.1) is 0 Å². The molecule has 0 spiro atoms. The van der Waals surface area contributed by atoms with Crippen LogP contribution < -0.4 is 19.2 Å². The molecule has 0 saturated heterocycles. The summed E-state index contributed by atoms with van der Waals surface area (Å²) in [7, 11) is 0. The van der Waals surface area contributed by atoms with Crippen molar-refractivity contribution in [3.63, 3.8) is 0 Å². The Hall–Kier alpha value is -3.58. The van der Waals surface area contributed by atoms with Crippen LogP contribution in [0.2, 0.25) is 0 Å². The first kappa shape index (κ1) is 25.5. The maximum atomic E-state index is 13.1. The van der Waals surface area contributed by atoms with Crippen molar-refractivity contribution in [2.24, 2.45) is 5.10 Å². The Balaban J connectivity index is 1.49. The molecule has 0 bridgehead atoms. The lowest BCUT2D eigenvalue weighted by atomic mass is 10.1. The Bertz CT molecular complexity index is 1300. The fourth-order valence-electron chi connectivity index (χ4n) is 3.99. The fourth-order valence-corrected chi connectivity index (χ4v) is 4.56. The van der Waals surface area contributed by atoms with Gasteiger partial charge in [0, 0.05) is 0 Å². The number of anilines is 1. The van der Waals surface area contributed by atoms with Gasteiger partial charge in [0.2, 0.25) is 0 Å². The number of hydrogen-bond acceptors (Lipinski definition) is 5. The number of hydrazone groups is 1. The van der Waals surface area contributed by atoms with Crippen LogP contribution in [0.3, 0.4) is 0 Å². The average molecular weight is 549 g/mol. The van der Waals surface area contributed by atoms with Gasteiger partial charge in [0.15, 0.2) is 11.5 Å². The van der Waals surface area contributed by atoms with E-state index in [1.165, 1.54) is 5.01 Å². The summed E-state index contributed by atoms with van der Waals surface area (Å²) in [6.45, 7) is 9.06. The predicted octanol–water partition coefficient (Wildman–Crippen LogP) is 6.73. The molecule has 0 unspecified atom stereocenters. The molecule has 6 nitrogen and oxygen atoms in total. The summed E-state index contributed by atoms with van der Waals surface area (Å²) in [5, 5.41) is 5.88. The zero-order valence-electron chi connectivity index (χ0n) is 20.9. The second-order valence-electron chi connectivity index (χ2n) is 8.48. The molecule has 0 radical (unpaired) electrons. The number of para-hydroxylation sites is 1. The molecule has 0 aliphatic carbocycles. The van der Waals surface area contributed by atoms with Gasteiger partial charge in [-0.25, -0.2) is 0 Å². The van der Waals surface area contributed by atoms with Gasteiger partial charge in [0.05, 0.1) is 28.1 Å². The van der Waals surface area contributed by atoms with E-state index in [9.17, 15) is 4.79 Å². The van der Waals surface area contributed by atoms with Crippen molar-refractivity contribution in [1.82, 2.24) is 0 Å². The molecule has 1 amide bonds. The lowest BCUT2D eigenvalue weighted by Crippen LogP contribution is -2.21. The van der Waals surface area contributed by atoms with E-state index < -0.39 is 0 Å². The molecule has 1 aliphatic rings. The third-order valence-electron chi connectivity index (χ3n) is 5.50. The molecule has 0 N–H and O–H groups in total. The molecule has 1 aliphatic heterocycles. The van der Waals surface area contributed by atoms with Crippen molar-refractivity contribution < 1.29 is 19.0 Å². The molecular weight excluding hydrogens is 520 g/mol. The van der Waals surface area contributed by atoms with Crippen molar-refractivity contribution in [2.45, 2.75) is 27.7 Å². The Morgan fingerprint density at radius 1 is 0.917 bits per heavy atom. The van der Waals surface area contributed by atoms with Crippen molar-refractivity contribution >= 4 is 39.3 Å². The van der Waals surface area contributed by atoms with Gasteiger partial charge in [0.25, 0.3) is 5.91 Å². The number of ether oxygens (including phenoxy) is 3. The maximum absolute atomic E-state index is 13.1. The highest BCUT2D eigenvalue weighted by Gasteiger charge is 2.28. The summed E-state index contributed by atoms with van der Waals surface area (Å²) in [4.78, 5) is 13.1. The first-order valence-corrected chi connectivity index (χ1v) is 12.6. The van der Waals surface area contributed by atoms with E-state index in [1.807, 2.05) is 88.4 Å². The van der Waals surface area contributed by atoms with Gasteiger partial charge in [-0.1, -0.05) is 24.3 Å².